The predicted molar refractivity (Wildman–Crippen MR) is 77.3 cm³/mol. The SMILES string of the molecule is COC[C@H]1CCCN(C(=O)CC2CCC(C(F)(F)F)CC2)C1. The second kappa shape index (κ2) is 7.66. The molecule has 1 aliphatic carbocycles. The van der Waals surface area contributed by atoms with Crippen LogP contribution in [0.4, 0.5) is 13.2 Å². The Bertz CT molecular complexity index is 363. The molecule has 0 unspecified atom stereocenters. The van der Waals surface area contributed by atoms with E-state index in [0.29, 0.717) is 31.8 Å². The topological polar surface area (TPSA) is 29.5 Å². The van der Waals surface area contributed by atoms with Gasteiger partial charge in [0.2, 0.25) is 5.91 Å². The number of likely N-dealkylation sites (tertiary alicyclic amines) is 1. The number of rotatable bonds is 4. The van der Waals surface area contributed by atoms with Crippen LogP contribution in [0.15, 0.2) is 0 Å². The van der Waals surface area contributed by atoms with E-state index in [9.17, 15) is 18.0 Å². The number of carbonyl (C=O) groups excluding carboxylic acids is 1. The molecule has 2 rings (SSSR count). The summed E-state index contributed by atoms with van der Waals surface area (Å²) in [7, 11) is 1.67. The van der Waals surface area contributed by atoms with Crippen molar-refractivity contribution in [1.82, 2.24) is 4.90 Å². The van der Waals surface area contributed by atoms with E-state index in [4.69, 9.17) is 4.74 Å². The molecule has 1 atom stereocenters. The van der Waals surface area contributed by atoms with Crippen LogP contribution in [0.5, 0.6) is 0 Å². The summed E-state index contributed by atoms with van der Waals surface area (Å²) in [6, 6.07) is 0. The first-order valence-electron chi connectivity index (χ1n) is 8.23. The predicted octanol–water partition coefficient (Wildman–Crippen LogP) is 3.63. The molecule has 0 spiro atoms. The van der Waals surface area contributed by atoms with Crippen LogP contribution in [0, 0.1) is 17.8 Å². The summed E-state index contributed by atoms with van der Waals surface area (Å²) < 4.78 is 43.1. The molecule has 3 nitrogen and oxygen atoms in total. The number of piperidine rings is 1. The molecule has 22 heavy (non-hydrogen) atoms. The molecule has 1 amide bonds. The molecule has 0 aromatic carbocycles. The highest BCUT2D eigenvalue weighted by atomic mass is 19.4. The molecule has 6 heteroatoms. The maximum atomic E-state index is 12.7. The molecule has 2 fully saturated rings. The molecule has 0 aromatic rings. The molecule has 0 radical (unpaired) electrons. The van der Waals surface area contributed by atoms with E-state index in [-0.39, 0.29) is 24.7 Å². The van der Waals surface area contributed by atoms with Crippen molar-refractivity contribution in [2.45, 2.75) is 51.1 Å². The van der Waals surface area contributed by atoms with E-state index in [0.717, 1.165) is 25.9 Å². The lowest BCUT2D eigenvalue weighted by Gasteiger charge is -2.35. The Morgan fingerprint density at radius 1 is 1.14 bits per heavy atom. The molecule has 0 bridgehead atoms. The van der Waals surface area contributed by atoms with Gasteiger partial charge in [-0.2, -0.15) is 13.2 Å². The summed E-state index contributed by atoms with van der Waals surface area (Å²) in [4.78, 5) is 14.2. The average Bonchev–Trinajstić information content (AvgIpc) is 2.47. The highest BCUT2D eigenvalue weighted by Gasteiger charge is 2.41. The molecule has 1 saturated carbocycles. The third kappa shape index (κ3) is 4.86. The zero-order chi connectivity index (χ0) is 16.2. The van der Waals surface area contributed by atoms with Gasteiger partial charge in [-0.15, -0.1) is 0 Å². The van der Waals surface area contributed by atoms with Crippen LogP contribution in [0.25, 0.3) is 0 Å². The number of ether oxygens (including phenoxy) is 1. The Morgan fingerprint density at radius 3 is 2.41 bits per heavy atom. The van der Waals surface area contributed by atoms with E-state index in [2.05, 4.69) is 0 Å². The summed E-state index contributed by atoms with van der Waals surface area (Å²) in [6.07, 6.45) is -0.216. The number of carbonyl (C=O) groups is 1. The maximum absolute atomic E-state index is 12.7. The number of alkyl halides is 3. The van der Waals surface area contributed by atoms with E-state index < -0.39 is 12.1 Å². The fraction of sp³-hybridized carbons (Fsp3) is 0.938. The van der Waals surface area contributed by atoms with Crippen LogP contribution in [0.1, 0.15) is 44.9 Å². The number of nitrogens with zero attached hydrogens (tertiary/aromatic N) is 1. The van der Waals surface area contributed by atoms with Gasteiger partial charge in [-0.25, -0.2) is 0 Å². The third-order valence-electron chi connectivity index (χ3n) is 5.05. The van der Waals surface area contributed by atoms with Gasteiger partial charge in [-0.3, -0.25) is 4.79 Å². The minimum absolute atomic E-state index is 0.108. The minimum atomic E-state index is -4.07. The van der Waals surface area contributed by atoms with Gasteiger partial charge in [-0.05, 0) is 50.4 Å². The number of amides is 1. The van der Waals surface area contributed by atoms with Crippen molar-refractivity contribution >= 4 is 5.91 Å². The molecule has 0 aromatic heterocycles. The van der Waals surface area contributed by atoms with E-state index in [1.807, 2.05) is 4.90 Å². The van der Waals surface area contributed by atoms with Gasteiger partial charge in [0, 0.05) is 26.6 Å². The van der Waals surface area contributed by atoms with Crippen molar-refractivity contribution in [3.63, 3.8) is 0 Å². The van der Waals surface area contributed by atoms with Gasteiger partial charge < -0.3 is 9.64 Å². The smallest absolute Gasteiger partial charge is 0.384 e. The third-order valence-corrected chi connectivity index (χ3v) is 5.05. The molecular formula is C16H26F3NO2. The van der Waals surface area contributed by atoms with Crippen molar-refractivity contribution in [3.8, 4) is 0 Å². The Balaban J connectivity index is 1.76. The number of hydrogen-bond acceptors (Lipinski definition) is 2. The zero-order valence-corrected chi connectivity index (χ0v) is 13.2. The largest absolute Gasteiger partial charge is 0.391 e. The zero-order valence-electron chi connectivity index (χ0n) is 13.2. The summed E-state index contributed by atoms with van der Waals surface area (Å²) in [5.41, 5.74) is 0. The van der Waals surface area contributed by atoms with Crippen LogP contribution in [-0.4, -0.2) is 43.8 Å². The van der Waals surface area contributed by atoms with Crippen molar-refractivity contribution in [1.29, 1.82) is 0 Å². The highest BCUT2D eigenvalue weighted by molar-refractivity contribution is 5.76. The fourth-order valence-electron chi connectivity index (χ4n) is 3.73. The molecule has 128 valence electrons. The van der Waals surface area contributed by atoms with Gasteiger partial charge in [0.15, 0.2) is 0 Å². The van der Waals surface area contributed by atoms with Crippen LogP contribution in [0.3, 0.4) is 0 Å². The first-order chi connectivity index (χ1) is 10.4. The first kappa shape index (κ1) is 17.6. The second-order valence-electron chi connectivity index (χ2n) is 6.77. The molecular weight excluding hydrogens is 295 g/mol. The van der Waals surface area contributed by atoms with Gasteiger partial charge in [0.1, 0.15) is 0 Å². The highest BCUT2D eigenvalue weighted by Crippen LogP contribution is 2.40. The van der Waals surface area contributed by atoms with Gasteiger partial charge in [0.05, 0.1) is 12.5 Å². The molecule has 1 saturated heterocycles. The lowest BCUT2D eigenvalue weighted by atomic mass is 9.80. The number of hydrogen-bond donors (Lipinski definition) is 0. The van der Waals surface area contributed by atoms with Crippen LogP contribution >= 0.6 is 0 Å². The van der Waals surface area contributed by atoms with Gasteiger partial charge in [0.25, 0.3) is 0 Å². The van der Waals surface area contributed by atoms with E-state index in [1.165, 1.54) is 0 Å². The Kier molecular flexibility index (Phi) is 6.12. The monoisotopic (exact) mass is 321 g/mol. The van der Waals surface area contributed by atoms with Crippen LogP contribution in [0.2, 0.25) is 0 Å². The van der Waals surface area contributed by atoms with Gasteiger partial charge >= 0.3 is 6.18 Å². The van der Waals surface area contributed by atoms with Crippen molar-refractivity contribution in [2.24, 2.45) is 17.8 Å². The summed E-state index contributed by atoms with van der Waals surface area (Å²) in [5, 5.41) is 0. The first-order valence-corrected chi connectivity index (χ1v) is 8.23. The fourth-order valence-corrected chi connectivity index (χ4v) is 3.73. The maximum Gasteiger partial charge on any atom is 0.391 e. The number of methoxy groups -OCH3 is 1. The minimum Gasteiger partial charge on any atom is -0.384 e. The Morgan fingerprint density at radius 2 is 1.82 bits per heavy atom. The standard InChI is InChI=1S/C16H26F3NO2/c1-22-11-13-3-2-8-20(10-13)15(21)9-12-4-6-14(7-5-12)16(17,18)19/h12-14H,2-11H2,1H3/t12?,13-,14?/m0/s1. The molecule has 1 heterocycles. The normalized spacial score (nSPS) is 30.4. The van der Waals surface area contributed by atoms with Gasteiger partial charge in [-0.1, -0.05) is 0 Å². The van der Waals surface area contributed by atoms with Crippen molar-refractivity contribution in [2.75, 3.05) is 26.8 Å². The molecule has 1 aliphatic heterocycles. The quantitative estimate of drug-likeness (QED) is 0.791. The van der Waals surface area contributed by atoms with E-state index >= 15 is 0 Å². The average molecular weight is 321 g/mol. The Hall–Kier alpha value is -0.780. The van der Waals surface area contributed by atoms with Crippen molar-refractivity contribution in [3.05, 3.63) is 0 Å². The molecule has 2 aliphatic rings. The summed E-state index contributed by atoms with van der Waals surface area (Å²) >= 11 is 0. The Labute approximate surface area is 130 Å². The van der Waals surface area contributed by atoms with Crippen LogP contribution in [-0.2, 0) is 9.53 Å². The number of halogens is 3. The van der Waals surface area contributed by atoms with Crippen molar-refractivity contribution < 1.29 is 22.7 Å². The lowest BCUT2D eigenvalue weighted by molar-refractivity contribution is -0.184. The second-order valence-corrected chi connectivity index (χ2v) is 6.77. The summed E-state index contributed by atoms with van der Waals surface area (Å²) in [6.45, 7) is 2.17. The molecule has 0 N–H and O–H groups in total. The lowest BCUT2D eigenvalue weighted by Crippen LogP contribution is -2.42. The van der Waals surface area contributed by atoms with Crippen LogP contribution < -0.4 is 0 Å². The summed E-state index contributed by atoms with van der Waals surface area (Å²) in [5.74, 6) is -0.547. The van der Waals surface area contributed by atoms with E-state index in [1.54, 1.807) is 7.11 Å².